The van der Waals surface area contributed by atoms with Crippen molar-refractivity contribution in [3.8, 4) is 0 Å². The second-order valence-corrected chi connectivity index (χ2v) is 5.86. The van der Waals surface area contributed by atoms with Gasteiger partial charge in [0.2, 0.25) is 5.91 Å². The highest BCUT2D eigenvalue weighted by molar-refractivity contribution is 9.10. The number of methoxy groups -OCH3 is 1. The molecule has 1 amide bonds. The first-order chi connectivity index (χ1) is 10.1. The van der Waals surface area contributed by atoms with E-state index in [2.05, 4.69) is 26.0 Å². The summed E-state index contributed by atoms with van der Waals surface area (Å²) in [4.78, 5) is 23.8. The van der Waals surface area contributed by atoms with Crippen LogP contribution in [0, 0.1) is 0 Å². The molecule has 0 aliphatic heterocycles. The number of halogens is 1. The van der Waals surface area contributed by atoms with Crippen LogP contribution >= 0.6 is 27.3 Å². The van der Waals surface area contributed by atoms with E-state index in [0.29, 0.717) is 10.6 Å². The van der Waals surface area contributed by atoms with E-state index in [1.165, 1.54) is 24.5 Å². The van der Waals surface area contributed by atoms with Gasteiger partial charge in [-0.3, -0.25) is 4.79 Å². The number of esters is 1. The van der Waals surface area contributed by atoms with Crippen LogP contribution in [0.2, 0.25) is 0 Å². The van der Waals surface area contributed by atoms with Crippen LogP contribution < -0.4 is 5.32 Å². The van der Waals surface area contributed by atoms with E-state index in [4.69, 9.17) is 0 Å². The smallest absolute Gasteiger partial charge is 0.350 e. The fourth-order valence-corrected chi connectivity index (χ4v) is 2.80. The van der Waals surface area contributed by atoms with E-state index >= 15 is 0 Å². The van der Waals surface area contributed by atoms with Crippen LogP contribution in [0.3, 0.4) is 0 Å². The molecule has 2 aromatic rings. The summed E-state index contributed by atoms with van der Waals surface area (Å²) < 4.78 is 5.60. The lowest BCUT2D eigenvalue weighted by molar-refractivity contribution is -0.111. The molecule has 0 radical (unpaired) electrons. The van der Waals surface area contributed by atoms with Crippen molar-refractivity contribution in [1.29, 1.82) is 0 Å². The van der Waals surface area contributed by atoms with Crippen LogP contribution in [0.25, 0.3) is 6.08 Å². The maximum Gasteiger partial charge on any atom is 0.350 e. The van der Waals surface area contributed by atoms with Gasteiger partial charge in [-0.25, -0.2) is 4.79 Å². The molecule has 0 atom stereocenters. The Kier molecular flexibility index (Phi) is 5.30. The zero-order valence-electron chi connectivity index (χ0n) is 11.1. The van der Waals surface area contributed by atoms with Crippen molar-refractivity contribution in [3.05, 3.63) is 56.7 Å². The third kappa shape index (κ3) is 4.27. The van der Waals surface area contributed by atoms with E-state index in [1.54, 1.807) is 17.5 Å². The van der Waals surface area contributed by atoms with Gasteiger partial charge in [0.15, 0.2) is 0 Å². The molecular weight excluding hydrogens is 354 g/mol. The first-order valence-electron chi connectivity index (χ1n) is 6.00. The molecule has 0 bridgehead atoms. The van der Waals surface area contributed by atoms with Crippen molar-refractivity contribution in [2.24, 2.45) is 0 Å². The summed E-state index contributed by atoms with van der Waals surface area (Å²) in [6.45, 7) is 0. The summed E-state index contributed by atoms with van der Waals surface area (Å²) in [5.41, 5.74) is 1.36. The van der Waals surface area contributed by atoms with Crippen LogP contribution in [0.5, 0.6) is 0 Å². The molecule has 21 heavy (non-hydrogen) atoms. The Hall–Kier alpha value is -1.92. The molecule has 6 heteroatoms. The van der Waals surface area contributed by atoms with Gasteiger partial charge in [0.05, 0.1) is 12.8 Å². The van der Waals surface area contributed by atoms with Crippen LogP contribution in [0.4, 0.5) is 5.69 Å². The molecule has 0 unspecified atom stereocenters. The predicted octanol–water partition coefficient (Wildman–Crippen LogP) is 3.95. The lowest BCUT2D eigenvalue weighted by atomic mass is 10.2. The predicted molar refractivity (Wildman–Crippen MR) is 87.5 cm³/mol. The van der Waals surface area contributed by atoms with Gasteiger partial charge in [-0.2, -0.15) is 0 Å². The highest BCUT2D eigenvalue weighted by atomic mass is 79.9. The zero-order chi connectivity index (χ0) is 15.2. The highest BCUT2D eigenvalue weighted by Crippen LogP contribution is 2.23. The number of nitrogens with one attached hydrogen (secondary N) is 1. The molecule has 1 aromatic carbocycles. The summed E-state index contributed by atoms with van der Waals surface area (Å²) in [7, 11) is 1.31. The van der Waals surface area contributed by atoms with Gasteiger partial charge in [-0.05, 0) is 35.2 Å². The molecule has 0 fully saturated rings. The number of carbonyl (C=O) groups is 2. The molecule has 108 valence electrons. The Balaban J connectivity index is 2.05. The molecule has 1 N–H and O–H groups in total. The number of rotatable bonds is 4. The monoisotopic (exact) mass is 365 g/mol. The van der Waals surface area contributed by atoms with Crippen LogP contribution in [0.1, 0.15) is 15.2 Å². The molecule has 0 aliphatic rings. The standard InChI is InChI=1S/C15H12BrNO3S/c1-20-15(19)14-12(7-8-21-14)17-13(18)6-5-10-3-2-4-11(16)9-10/h2-9H,1H3,(H,17,18). The second kappa shape index (κ2) is 7.19. The maximum absolute atomic E-state index is 11.9. The van der Waals surface area contributed by atoms with Gasteiger partial charge >= 0.3 is 5.97 Å². The molecule has 0 spiro atoms. The number of hydrogen-bond acceptors (Lipinski definition) is 4. The van der Waals surface area contributed by atoms with Crippen LogP contribution in [-0.2, 0) is 9.53 Å². The first-order valence-corrected chi connectivity index (χ1v) is 7.68. The molecule has 0 saturated carbocycles. The summed E-state index contributed by atoms with van der Waals surface area (Å²) >= 11 is 4.59. The molecule has 1 heterocycles. The quantitative estimate of drug-likeness (QED) is 0.659. The van der Waals surface area contributed by atoms with E-state index in [-0.39, 0.29) is 5.91 Å². The second-order valence-electron chi connectivity index (χ2n) is 4.03. The summed E-state index contributed by atoms with van der Waals surface area (Å²) in [6.07, 6.45) is 3.12. The summed E-state index contributed by atoms with van der Waals surface area (Å²) in [5.74, 6) is -0.769. The highest BCUT2D eigenvalue weighted by Gasteiger charge is 2.14. The van der Waals surface area contributed by atoms with Gasteiger partial charge in [0, 0.05) is 10.5 Å². The normalized spacial score (nSPS) is 10.6. The first kappa shape index (κ1) is 15.5. The fourth-order valence-electron chi connectivity index (χ4n) is 1.62. The van der Waals surface area contributed by atoms with Crippen molar-refractivity contribution in [1.82, 2.24) is 0 Å². The van der Waals surface area contributed by atoms with Crippen LogP contribution in [0.15, 0.2) is 46.3 Å². The lowest BCUT2D eigenvalue weighted by Crippen LogP contribution is -2.10. The number of anilines is 1. The number of hydrogen-bond donors (Lipinski definition) is 1. The topological polar surface area (TPSA) is 55.4 Å². The average Bonchev–Trinajstić information content (AvgIpc) is 2.92. The molecule has 0 saturated heterocycles. The van der Waals surface area contributed by atoms with Gasteiger partial charge in [0.1, 0.15) is 4.88 Å². The number of ether oxygens (including phenoxy) is 1. The van der Waals surface area contributed by atoms with E-state index in [9.17, 15) is 9.59 Å². The van der Waals surface area contributed by atoms with Crippen molar-refractivity contribution in [2.75, 3.05) is 12.4 Å². The molecule has 4 nitrogen and oxygen atoms in total. The third-order valence-corrected chi connectivity index (χ3v) is 3.96. The molecule has 2 rings (SSSR count). The largest absolute Gasteiger partial charge is 0.465 e. The van der Waals surface area contributed by atoms with Gasteiger partial charge < -0.3 is 10.1 Å². The minimum Gasteiger partial charge on any atom is -0.465 e. The Morgan fingerprint density at radius 2 is 2.14 bits per heavy atom. The van der Waals surface area contributed by atoms with E-state index in [1.807, 2.05) is 24.3 Å². The SMILES string of the molecule is COC(=O)c1sccc1NC(=O)C=Cc1cccc(Br)c1. The Bertz CT molecular complexity index is 694. The Labute approximate surface area is 134 Å². The molecular formula is C15H12BrNO3S. The van der Waals surface area contributed by atoms with Crippen molar-refractivity contribution in [3.63, 3.8) is 0 Å². The zero-order valence-corrected chi connectivity index (χ0v) is 13.5. The minimum absolute atomic E-state index is 0.307. The summed E-state index contributed by atoms with van der Waals surface area (Å²) in [6, 6.07) is 9.25. The molecule has 0 aliphatic carbocycles. The van der Waals surface area contributed by atoms with Gasteiger partial charge in [-0.15, -0.1) is 11.3 Å². The van der Waals surface area contributed by atoms with Crippen molar-refractivity contribution in [2.45, 2.75) is 0 Å². The third-order valence-electron chi connectivity index (χ3n) is 2.57. The lowest BCUT2D eigenvalue weighted by Gasteiger charge is -2.02. The molecule has 1 aromatic heterocycles. The van der Waals surface area contributed by atoms with E-state index < -0.39 is 5.97 Å². The number of benzene rings is 1. The number of thiophene rings is 1. The maximum atomic E-state index is 11.9. The Morgan fingerprint density at radius 3 is 2.86 bits per heavy atom. The van der Waals surface area contributed by atoms with Crippen LogP contribution in [-0.4, -0.2) is 19.0 Å². The summed E-state index contributed by atoms with van der Waals surface area (Å²) in [5, 5.41) is 4.38. The van der Waals surface area contributed by atoms with Gasteiger partial charge in [0.25, 0.3) is 0 Å². The van der Waals surface area contributed by atoms with Gasteiger partial charge in [-0.1, -0.05) is 28.1 Å². The number of carbonyl (C=O) groups excluding carboxylic acids is 2. The van der Waals surface area contributed by atoms with Crippen molar-refractivity contribution >= 4 is 50.9 Å². The van der Waals surface area contributed by atoms with Crippen molar-refractivity contribution < 1.29 is 14.3 Å². The minimum atomic E-state index is -0.462. The Morgan fingerprint density at radius 1 is 1.33 bits per heavy atom. The fraction of sp³-hybridized carbons (Fsp3) is 0.0667. The number of amides is 1. The van der Waals surface area contributed by atoms with E-state index in [0.717, 1.165) is 10.0 Å². The average molecular weight is 366 g/mol.